The van der Waals surface area contributed by atoms with E-state index in [1.165, 1.54) is 0 Å². The van der Waals surface area contributed by atoms with Gasteiger partial charge in [0.1, 0.15) is 0 Å². The van der Waals surface area contributed by atoms with Gasteiger partial charge in [-0.3, -0.25) is 9.59 Å². The molecule has 0 saturated carbocycles. The molecule has 0 aliphatic heterocycles. The van der Waals surface area contributed by atoms with Crippen molar-refractivity contribution in [3.05, 3.63) is 0 Å². The third-order valence-corrected chi connectivity index (χ3v) is 5.01. The van der Waals surface area contributed by atoms with Crippen LogP contribution in [0.2, 0.25) is 0 Å². The van der Waals surface area contributed by atoms with Crippen molar-refractivity contribution < 1.29 is 89.7 Å². The second kappa shape index (κ2) is 10.5. The molecule has 0 aliphatic carbocycles. The van der Waals surface area contributed by atoms with Crippen LogP contribution in [0.4, 0.5) is 70.2 Å². The smallest absolute Gasteiger partial charge is 0.385 e. The lowest BCUT2D eigenvalue weighted by atomic mass is 9.89. The number of halogens is 16. The zero-order valence-corrected chi connectivity index (χ0v) is 18.1. The van der Waals surface area contributed by atoms with E-state index in [2.05, 4.69) is 4.74 Å². The van der Waals surface area contributed by atoms with Crippen LogP contribution < -0.4 is 0 Å². The summed E-state index contributed by atoms with van der Waals surface area (Å²) in [6, 6.07) is 0. The summed E-state index contributed by atoms with van der Waals surface area (Å²) in [6.07, 6.45) is -7.08. The zero-order chi connectivity index (χ0) is 30.2. The standard InChI is InChI=1S/C17H16F16O4/c1-3-7(4-6(2)8(34)35)9(36)37-5-11(20,21)13(24,25)15(28,29)17(32,33)16(30,31)14(26,27)12(22,23)10(18)19/h6-7,10H,3-5H2,1-2H3,(H,34,35). The molecule has 0 saturated heterocycles. The molecule has 0 fully saturated rings. The molecule has 0 aromatic carbocycles. The summed E-state index contributed by atoms with van der Waals surface area (Å²) in [6.45, 7) is -1.23. The molecule has 0 radical (unpaired) electrons. The van der Waals surface area contributed by atoms with Crippen LogP contribution in [0, 0.1) is 11.8 Å². The van der Waals surface area contributed by atoms with Gasteiger partial charge < -0.3 is 9.84 Å². The topological polar surface area (TPSA) is 63.6 Å². The maximum absolute atomic E-state index is 13.8. The lowest BCUT2D eigenvalue weighted by Crippen LogP contribution is -2.74. The summed E-state index contributed by atoms with van der Waals surface area (Å²) in [7, 11) is 0. The van der Waals surface area contributed by atoms with Crippen molar-refractivity contribution in [3.63, 3.8) is 0 Å². The van der Waals surface area contributed by atoms with Gasteiger partial charge in [-0.2, -0.15) is 61.5 Å². The Morgan fingerprint density at radius 3 is 1.46 bits per heavy atom. The summed E-state index contributed by atoms with van der Waals surface area (Å²) in [4.78, 5) is 22.5. The molecule has 1 N–H and O–H groups in total. The van der Waals surface area contributed by atoms with E-state index < -0.39 is 91.1 Å². The van der Waals surface area contributed by atoms with Gasteiger partial charge in [-0.15, -0.1) is 0 Å². The Balaban J connectivity index is 6.21. The first-order valence-electron chi connectivity index (χ1n) is 9.44. The molecule has 0 amide bonds. The van der Waals surface area contributed by atoms with Crippen LogP contribution in [0.5, 0.6) is 0 Å². The lowest BCUT2D eigenvalue weighted by Gasteiger charge is -2.42. The fourth-order valence-electron chi connectivity index (χ4n) is 2.49. The quantitative estimate of drug-likeness (QED) is 0.189. The van der Waals surface area contributed by atoms with Gasteiger partial charge in [0.2, 0.25) is 0 Å². The van der Waals surface area contributed by atoms with E-state index in [1.54, 1.807) is 0 Å². The van der Waals surface area contributed by atoms with Gasteiger partial charge in [0.05, 0.1) is 11.8 Å². The molecule has 20 heteroatoms. The fraction of sp³-hybridized carbons (Fsp3) is 0.882. The van der Waals surface area contributed by atoms with Gasteiger partial charge in [-0.25, -0.2) is 8.78 Å². The van der Waals surface area contributed by atoms with E-state index in [0.29, 0.717) is 0 Å². The third kappa shape index (κ3) is 5.65. The Bertz CT molecular complexity index is 826. The second-order valence-electron chi connectivity index (χ2n) is 7.69. The van der Waals surface area contributed by atoms with Crippen molar-refractivity contribution in [2.75, 3.05) is 6.61 Å². The minimum absolute atomic E-state index is 0.438. The summed E-state index contributed by atoms with van der Waals surface area (Å²) in [5.74, 6) is -62.4. The van der Waals surface area contributed by atoms with Crippen molar-refractivity contribution in [1.82, 2.24) is 0 Å². The molecule has 4 nitrogen and oxygen atoms in total. The van der Waals surface area contributed by atoms with Gasteiger partial charge in [0.15, 0.2) is 6.61 Å². The molecule has 0 rings (SSSR count). The Hall–Kier alpha value is -2.18. The maximum atomic E-state index is 13.8. The van der Waals surface area contributed by atoms with Crippen LogP contribution in [0.15, 0.2) is 0 Å². The van der Waals surface area contributed by atoms with Gasteiger partial charge in [0, 0.05) is 0 Å². The number of alkyl halides is 16. The normalized spacial score (nSPS) is 16.5. The minimum atomic E-state index is -8.54. The first kappa shape index (κ1) is 34.8. The van der Waals surface area contributed by atoms with Crippen LogP contribution in [0.3, 0.4) is 0 Å². The summed E-state index contributed by atoms with van der Waals surface area (Å²) < 4.78 is 216. The van der Waals surface area contributed by atoms with Gasteiger partial charge in [0.25, 0.3) is 0 Å². The maximum Gasteiger partial charge on any atom is 0.385 e. The summed E-state index contributed by atoms with van der Waals surface area (Å²) >= 11 is 0. The molecule has 2 unspecified atom stereocenters. The lowest BCUT2D eigenvalue weighted by molar-refractivity contribution is -0.447. The Kier molecular flexibility index (Phi) is 9.91. The molecule has 0 bridgehead atoms. The number of carbonyl (C=O) groups excluding carboxylic acids is 1. The number of esters is 1. The van der Waals surface area contributed by atoms with Crippen LogP contribution in [-0.4, -0.2) is 71.5 Å². The number of aliphatic carboxylic acids is 1. The Labute approximate surface area is 195 Å². The van der Waals surface area contributed by atoms with Crippen molar-refractivity contribution >= 4 is 11.9 Å². The van der Waals surface area contributed by atoms with E-state index >= 15 is 0 Å². The zero-order valence-electron chi connectivity index (χ0n) is 18.1. The van der Waals surface area contributed by atoms with Crippen molar-refractivity contribution in [2.24, 2.45) is 11.8 Å². The highest BCUT2D eigenvalue weighted by Gasteiger charge is 2.93. The number of hydrogen-bond acceptors (Lipinski definition) is 3. The number of carboxylic acid groups (broad SMARTS) is 1. The van der Waals surface area contributed by atoms with E-state index in [-0.39, 0.29) is 0 Å². The van der Waals surface area contributed by atoms with Crippen LogP contribution >= 0.6 is 0 Å². The monoisotopic (exact) mass is 588 g/mol. The van der Waals surface area contributed by atoms with E-state index in [4.69, 9.17) is 5.11 Å². The predicted molar refractivity (Wildman–Crippen MR) is 86.8 cm³/mol. The molecule has 0 aliphatic rings. The summed E-state index contributed by atoms with van der Waals surface area (Å²) in [5.41, 5.74) is 0. The molecule has 2 atom stereocenters. The van der Waals surface area contributed by atoms with E-state index in [9.17, 15) is 79.8 Å². The van der Waals surface area contributed by atoms with E-state index in [0.717, 1.165) is 13.8 Å². The average molecular weight is 588 g/mol. The first-order valence-corrected chi connectivity index (χ1v) is 9.44. The van der Waals surface area contributed by atoms with Crippen molar-refractivity contribution in [1.29, 1.82) is 0 Å². The molecule has 220 valence electrons. The van der Waals surface area contributed by atoms with Crippen LogP contribution in [0.25, 0.3) is 0 Å². The SMILES string of the molecule is CCC(CC(C)C(=O)O)C(=O)OCC(F)(F)C(F)(F)C(F)(F)C(F)(F)C(F)(F)C(F)(F)C(F)(F)C(F)F. The highest BCUT2D eigenvalue weighted by molar-refractivity contribution is 5.74. The first-order chi connectivity index (χ1) is 16.1. The van der Waals surface area contributed by atoms with Crippen molar-refractivity contribution in [2.45, 2.75) is 74.6 Å². The summed E-state index contributed by atoms with van der Waals surface area (Å²) in [5, 5.41) is 8.71. The van der Waals surface area contributed by atoms with Crippen LogP contribution in [-0.2, 0) is 14.3 Å². The van der Waals surface area contributed by atoms with Gasteiger partial charge in [-0.1, -0.05) is 13.8 Å². The molecule has 0 heterocycles. The van der Waals surface area contributed by atoms with Gasteiger partial charge in [-0.05, 0) is 12.8 Å². The third-order valence-electron chi connectivity index (χ3n) is 5.01. The number of ether oxygens (including phenoxy) is 1. The number of carbonyl (C=O) groups is 2. The fourth-order valence-corrected chi connectivity index (χ4v) is 2.49. The van der Waals surface area contributed by atoms with E-state index in [1.807, 2.05) is 0 Å². The predicted octanol–water partition coefficient (Wildman–Crippen LogP) is 6.38. The highest BCUT2D eigenvalue weighted by Crippen LogP contribution is 2.62. The average Bonchev–Trinajstić information content (AvgIpc) is 2.74. The molecule has 37 heavy (non-hydrogen) atoms. The molecule has 0 aromatic heterocycles. The number of rotatable bonds is 14. The number of carboxylic acids is 1. The molecule has 0 spiro atoms. The molecular weight excluding hydrogens is 572 g/mol. The van der Waals surface area contributed by atoms with Gasteiger partial charge >= 0.3 is 59.8 Å². The minimum Gasteiger partial charge on any atom is -0.481 e. The Morgan fingerprint density at radius 1 is 0.730 bits per heavy atom. The highest BCUT2D eigenvalue weighted by atomic mass is 19.4. The number of hydrogen-bond donors (Lipinski definition) is 1. The second-order valence-corrected chi connectivity index (χ2v) is 7.69. The molecular formula is C17H16F16O4. The van der Waals surface area contributed by atoms with Crippen LogP contribution in [0.1, 0.15) is 26.7 Å². The van der Waals surface area contributed by atoms with Crippen molar-refractivity contribution in [3.8, 4) is 0 Å². The Morgan fingerprint density at radius 2 is 1.11 bits per heavy atom. The largest absolute Gasteiger partial charge is 0.481 e. The molecule has 0 aromatic rings.